The third-order valence-electron chi connectivity index (χ3n) is 7.36. The van der Waals surface area contributed by atoms with E-state index >= 15 is 0 Å². The van der Waals surface area contributed by atoms with E-state index in [0.717, 1.165) is 24.2 Å². The topological polar surface area (TPSA) is 53.8 Å². The predicted molar refractivity (Wildman–Crippen MR) is 151 cm³/mol. The van der Waals surface area contributed by atoms with Gasteiger partial charge in [0.05, 0.1) is 5.54 Å². The van der Waals surface area contributed by atoms with Gasteiger partial charge in [-0.25, -0.2) is 0 Å². The molecule has 0 fully saturated rings. The van der Waals surface area contributed by atoms with Crippen molar-refractivity contribution in [1.82, 2.24) is 4.98 Å². The lowest BCUT2D eigenvalue weighted by molar-refractivity contribution is 0.607. The Hall–Kier alpha value is -3.46. The Morgan fingerprint density at radius 3 is 2.37 bits per heavy atom. The maximum Gasteiger partial charge on any atom is 0.0849 e. The number of allylic oxidation sites excluding steroid dienone is 1. The Kier molecular flexibility index (Phi) is 6.94. The van der Waals surface area contributed by atoms with E-state index in [1.165, 1.54) is 71.5 Å². The number of anilines is 1. The molecule has 0 aliphatic heterocycles. The smallest absolute Gasteiger partial charge is 0.0849 e. The highest BCUT2D eigenvalue weighted by atomic mass is 15.0. The molecule has 180 valence electrons. The summed E-state index contributed by atoms with van der Waals surface area (Å²) in [6.07, 6.45) is 16.3. The SMILES string of the molecule is CCCCCCCCc1ccc2c(c1)[nH]c1cc(C3(Nc4ccccc4)C=CC(N)=CC3)ccc12. The van der Waals surface area contributed by atoms with Crippen molar-refractivity contribution in [2.24, 2.45) is 5.73 Å². The van der Waals surface area contributed by atoms with Crippen LogP contribution in [0.5, 0.6) is 0 Å². The van der Waals surface area contributed by atoms with Gasteiger partial charge in [0.15, 0.2) is 0 Å². The fraction of sp³-hybridized carbons (Fsp3) is 0.312. The number of unbranched alkanes of at least 4 members (excludes halogenated alkanes) is 5. The molecular weight excluding hydrogens is 426 g/mol. The van der Waals surface area contributed by atoms with Crippen molar-refractivity contribution in [3.63, 3.8) is 0 Å². The van der Waals surface area contributed by atoms with Crippen LogP contribution in [0.3, 0.4) is 0 Å². The molecule has 1 aliphatic rings. The van der Waals surface area contributed by atoms with Crippen molar-refractivity contribution in [3.8, 4) is 0 Å². The molecule has 1 heterocycles. The summed E-state index contributed by atoms with van der Waals surface area (Å²) < 4.78 is 0. The summed E-state index contributed by atoms with van der Waals surface area (Å²) in [7, 11) is 0. The maximum absolute atomic E-state index is 6.09. The van der Waals surface area contributed by atoms with Gasteiger partial charge in [-0.05, 0) is 60.7 Å². The second kappa shape index (κ2) is 10.4. The third kappa shape index (κ3) is 5.14. The van der Waals surface area contributed by atoms with Crippen LogP contribution in [0.25, 0.3) is 21.8 Å². The zero-order valence-electron chi connectivity index (χ0n) is 20.8. The van der Waals surface area contributed by atoms with Crippen molar-refractivity contribution in [1.29, 1.82) is 0 Å². The Bertz CT molecular complexity index is 1350. The standard InChI is InChI=1S/C32H37N3/c1-2-3-4-5-6-8-11-24-14-16-28-29-17-15-25(23-31(29)34-30(28)22-24)32(20-18-26(33)19-21-32)35-27-12-9-7-10-13-27/h7,9-10,12-20,22-23,34-35H,2-6,8,11,21,33H2,1H3. The van der Waals surface area contributed by atoms with Crippen molar-refractivity contribution in [3.05, 3.63) is 102 Å². The molecule has 0 bridgehead atoms. The average molecular weight is 464 g/mol. The summed E-state index contributed by atoms with van der Waals surface area (Å²) >= 11 is 0. The van der Waals surface area contributed by atoms with Gasteiger partial charge in [0, 0.05) is 33.2 Å². The van der Waals surface area contributed by atoms with Crippen molar-refractivity contribution >= 4 is 27.5 Å². The van der Waals surface area contributed by atoms with E-state index in [2.05, 4.69) is 90.0 Å². The quantitative estimate of drug-likeness (QED) is 0.207. The van der Waals surface area contributed by atoms with Crippen LogP contribution in [-0.2, 0) is 12.0 Å². The van der Waals surface area contributed by atoms with Gasteiger partial charge in [-0.2, -0.15) is 0 Å². The fourth-order valence-electron chi connectivity index (χ4n) is 5.31. The van der Waals surface area contributed by atoms with E-state index in [9.17, 15) is 0 Å². The van der Waals surface area contributed by atoms with Gasteiger partial charge in [0.25, 0.3) is 0 Å². The summed E-state index contributed by atoms with van der Waals surface area (Å²) in [6.45, 7) is 2.27. The van der Waals surface area contributed by atoms with Crippen LogP contribution in [0.2, 0.25) is 0 Å². The first kappa shape index (κ1) is 23.3. The van der Waals surface area contributed by atoms with E-state index in [1.807, 2.05) is 12.1 Å². The van der Waals surface area contributed by atoms with E-state index in [0.29, 0.717) is 0 Å². The number of rotatable bonds is 10. The molecule has 4 N–H and O–H groups in total. The molecule has 1 unspecified atom stereocenters. The molecule has 3 aromatic carbocycles. The Labute approximate surface area is 209 Å². The lowest BCUT2D eigenvalue weighted by Gasteiger charge is -2.35. The highest BCUT2D eigenvalue weighted by Gasteiger charge is 2.30. The van der Waals surface area contributed by atoms with Crippen LogP contribution >= 0.6 is 0 Å². The Balaban J connectivity index is 1.41. The van der Waals surface area contributed by atoms with Gasteiger partial charge in [-0.1, -0.05) is 93.6 Å². The van der Waals surface area contributed by atoms with E-state index < -0.39 is 0 Å². The monoisotopic (exact) mass is 463 g/mol. The predicted octanol–water partition coefficient (Wildman–Crippen LogP) is 8.33. The van der Waals surface area contributed by atoms with Gasteiger partial charge in [-0.15, -0.1) is 0 Å². The fourth-order valence-corrected chi connectivity index (χ4v) is 5.31. The second-order valence-electron chi connectivity index (χ2n) is 9.99. The van der Waals surface area contributed by atoms with Crippen LogP contribution in [0.1, 0.15) is 63.0 Å². The molecule has 1 aliphatic carbocycles. The maximum atomic E-state index is 6.09. The normalized spacial score (nSPS) is 17.7. The van der Waals surface area contributed by atoms with Crippen LogP contribution < -0.4 is 11.1 Å². The average Bonchev–Trinajstić information content (AvgIpc) is 3.25. The third-order valence-corrected chi connectivity index (χ3v) is 7.36. The first-order valence-corrected chi connectivity index (χ1v) is 13.2. The first-order valence-electron chi connectivity index (χ1n) is 13.2. The number of H-pyrrole nitrogens is 1. The van der Waals surface area contributed by atoms with Crippen molar-refractivity contribution in [2.45, 2.75) is 63.8 Å². The molecule has 1 aromatic heterocycles. The number of aromatic amines is 1. The molecule has 0 amide bonds. The van der Waals surface area contributed by atoms with E-state index in [4.69, 9.17) is 5.73 Å². The molecule has 4 aromatic rings. The number of aromatic nitrogens is 1. The molecule has 0 saturated heterocycles. The number of nitrogens with two attached hydrogens (primary N) is 1. The van der Waals surface area contributed by atoms with Gasteiger partial charge in [0.1, 0.15) is 0 Å². The van der Waals surface area contributed by atoms with Gasteiger partial charge in [0.2, 0.25) is 0 Å². The van der Waals surface area contributed by atoms with Crippen molar-refractivity contribution in [2.75, 3.05) is 5.32 Å². The van der Waals surface area contributed by atoms with Gasteiger partial charge < -0.3 is 16.0 Å². The molecule has 35 heavy (non-hydrogen) atoms. The summed E-state index contributed by atoms with van der Waals surface area (Å²) in [5, 5.41) is 6.35. The van der Waals surface area contributed by atoms with Gasteiger partial charge >= 0.3 is 0 Å². The highest BCUT2D eigenvalue weighted by Crippen LogP contribution is 2.37. The summed E-state index contributed by atoms with van der Waals surface area (Å²) in [5.41, 5.74) is 12.7. The van der Waals surface area contributed by atoms with Crippen molar-refractivity contribution < 1.29 is 0 Å². The lowest BCUT2D eigenvalue weighted by atomic mass is 9.82. The Morgan fingerprint density at radius 1 is 0.857 bits per heavy atom. The molecule has 0 radical (unpaired) electrons. The van der Waals surface area contributed by atoms with Crippen LogP contribution in [-0.4, -0.2) is 4.98 Å². The zero-order valence-corrected chi connectivity index (χ0v) is 20.8. The number of fused-ring (bicyclic) bond motifs is 3. The van der Waals surface area contributed by atoms with Crippen LogP contribution in [0.15, 0.2) is 90.7 Å². The van der Waals surface area contributed by atoms with E-state index in [1.54, 1.807) is 0 Å². The molecule has 0 saturated carbocycles. The van der Waals surface area contributed by atoms with E-state index in [-0.39, 0.29) is 5.54 Å². The second-order valence-corrected chi connectivity index (χ2v) is 9.99. The van der Waals surface area contributed by atoms with Crippen LogP contribution in [0, 0.1) is 0 Å². The minimum Gasteiger partial charge on any atom is -0.399 e. The number of hydrogen-bond donors (Lipinski definition) is 3. The number of nitrogens with one attached hydrogen (secondary N) is 2. The molecular formula is C32H37N3. The highest BCUT2D eigenvalue weighted by molar-refractivity contribution is 6.07. The minimum absolute atomic E-state index is 0.335. The number of para-hydroxylation sites is 1. The summed E-state index contributed by atoms with van der Waals surface area (Å²) in [4.78, 5) is 3.71. The first-order chi connectivity index (χ1) is 17.2. The van der Waals surface area contributed by atoms with Crippen LogP contribution in [0.4, 0.5) is 5.69 Å². The van der Waals surface area contributed by atoms with Gasteiger partial charge in [-0.3, -0.25) is 0 Å². The minimum atomic E-state index is -0.335. The molecule has 5 rings (SSSR count). The lowest BCUT2D eigenvalue weighted by Crippen LogP contribution is -2.34. The summed E-state index contributed by atoms with van der Waals surface area (Å²) in [6, 6.07) is 24.2. The molecule has 3 nitrogen and oxygen atoms in total. The Morgan fingerprint density at radius 2 is 1.60 bits per heavy atom. The molecule has 1 atom stereocenters. The zero-order chi connectivity index (χ0) is 24.1. The molecule has 0 spiro atoms. The molecule has 3 heteroatoms. The number of benzene rings is 3. The number of hydrogen-bond acceptors (Lipinski definition) is 2. The number of aryl methyl sites for hydroxylation is 1. The largest absolute Gasteiger partial charge is 0.399 e. The summed E-state index contributed by atoms with van der Waals surface area (Å²) in [5.74, 6) is 0.